The lowest BCUT2D eigenvalue weighted by Crippen LogP contribution is -2.52. The summed E-state index contributed by atoms with van der Waals surface area (Å²) in [6, 6.07) is 7.18. The first-order valence-electron chi connectivity index (χ1n) is 11.0. The maximum Gasteiger partial charge on any atom is 0.255 e. The number of hydrogen-bond acceptors (Lipinski definition) is 7. The van der Waals surface area contributed by atoms with Crippen LogP contribution in [-0.4, -0.2) is 59.8 Å². The van der Waals surface area contributed by atoms with E-state index in [1.165, 1.54) is 0 Å². The number of nitrogens with zero attached hydrogens (tertiary/aromatic N) is 3. The van der Waals surface area contributed by atoms with Crippen molar-refractivity contribution in [3.8, 4) is 0 Å². The molecule has 2 aromatic rings. The Hall–Kier alpha value is -3.46. The van der Waals surface area contributed by atoms with Crippen molar-refractivity contribution in [3.05, 3.63) is 53.3 Å². The fourth-order valence-electron chi connectivity index (χ4n) is 4.72. The summed E-state index contributed by atoms with van der Waals surface area (Å²) in [5, 5.41) is 9.20. The van der Waals surface area contributed by atoms with Crippen LogP contribution in [0.1, 0.15) is 34.3 Å². The summed E-state index contributed by atoms with van der Waals surface area (Å²) in [4.78, 5) is 45.3. The molecule has 3 aliphatic rings. The molecule has 166 valence electrons. The van der Waals surface area contributed by atoms with Crippen molar-refractivity contribution >= 4 is 29.1 Å². The van der Waals surface area contributed by atoms with Gasteiger partial charge in [-0.15, -0.1) is 0 Å². The maximum absolute atomic E-state index is 13.3. The molecule has 0 spiro atoms. The van der Waals surface area contributed by atoms with E-state index in [-0.39, 0.29) is 24.1 Å². The molecule has 0 aliphatic carbocycles. The minimum atomic E-state index is -0.604. The minimum absolute atomic E-state index is 0.149. The highest BCUT2D eigenvalue weighted by Gasteiger charge is 2.39. The molecule has 9 heteroatoms. The lowest BCUT2D eigenvalue weighted by atomic mass is 10.0. The van der Waals surface area contributed by atoms with Crippen molar-refractivity contribution in [2.75, 3.05) is 36.4 Å². The first-order valence-corrected chi connectivity index (χ1v) is 11.0. The smallest absolute Gasteiger partial charge is 0.255 e. The molecule has 1 unspecified atom stereocenters. The molecular weight excluding hydrogens is 408 g/mol. The number of benzene rings is 1. The van der Waals surface area contributed by atoms with Gasteiger partial charge < -0.3 is 20.4 Å². The number of anilines is 2. The molecule has 2 fully saturated rings. The quantitative estimate of drug-likeness (QED) is 0.600. The highest BCUT2D eigenvalue weighted by molar-refractivity contribution is 6.06. The molecule has 4 heterocycles. The first-order chi connectivity index (χ1) is 15.6. The van der Waals surface area contributed by atoms with Crippen LogP contribution in [0.3, 0.4) is 0 Å². The number of hydrogen-bond donors (Lipinski definition) is 3. The molecule has 3 N–H and O–H groups in total. The van der Waals surface area contributed by atoms with Gasteiger partial charge in [0.15, 0.2) is 0 Å². The normalized spacial score (nSPS) is 20.9. The standard InChI is InChI=1S/C23H26N6O3/c30-20-5-4-18(22(31)27-20)29-14-16-3-1-2-15(21(16)23(29)32)12-26-17-6-7-25-13-19(17)28-10-8-24-9-11-28/h1-3,6-7,13,18,24H,4-5,8-12,14H2,(H,25,26)(H,27,30,31). The minimum Gasteiger partial charge on any atom is -0.379 e. The first kappa shape index (κ1) is 20.4. The molecule has 1 aromatic carbocycles. The molecule has 3 aliphatic heterocycles. The van der Waals surface area contributed by atoms with E-state index in [4.69, 9.17) is 0 Å². The molecular formula is C23H26N6O3. The van der Waals surface area contributed by atoms with Gasteiger partial charge in [0.2, 0.25) is 11.8 Å². The Morgan fingerprint density at radius 2 is 1.97 bits per heavy atom. The van der Waals surface area contributed by atoms with Crippen molar-refractivity contribution in [1.29, 1.82) is 0 Å². The molecule has 1 aromatic heterocycles. The molecule has 1 atom stereocenters. The molecule has 9 nitrogen and oxygen atoms in total. The maximum atomic E-state index is 13.3. The summed E-state index contributed by atoms with van der Waals surface area (Å²) < 4.78 is 0. The van der Waals surface area contributed by atoms with E-state index >= 15 is 0 Å². The third-order valence-electron chi connectivity index (χ3n) is 6.37. The van der Waals surface area contributed by atoms with Crippen LogP contribution in [0.4, 0.5) is 11.4 Å². The van der Waals surface area contributed by atoms with E-state index in [9.17, 15) is 14.4 Å². The molecule has 2 saturated heterocycles. The fourth-order valence-corrected chi connectivity index (χ4v) is 4.72. The molecule has 0 bridgehead atoms. The molecule has 3 amide bonds. The number of fused-ring (bicyclic) bond motifs is 1. The third-order valence-corrected chi connectivity index (χ3v) is 6.37. The van der Waals surface area contributed by atoms with Crippen molar-refractivity contribution in [1.82, 2.24) is 20.5 Å². The van der Waals surface area contributed by atoms with Crippen molar-refractivity contribution in [3.63, 3.8) is 0 Å². The second kappa shape index (κ2) is 8.58. The van der Waals surface area contributed by atoms with Crippen LogP contribution in [-0.2, 0) is 22.7 Å². The number of rotatable bonds is 5. The van der Waals surface area contributed by atoms with E-state index in [0.717, 1.165) is 48.7 Å². The number of imide groups is 1. The van der Waals surface area contributed by atoms with Gasteiger partial charge >= 0.3 is 0 Å². The van der Waals surface area contributed by atoms with Gasteiger partial charge in [-0.2, -0.15) is 0 Å². The summed E-state index contributed by atoms with van der Waals surface area (Å²) in [5.74, 6) is -0.818. The van der Waals surface area contributed by atoms with E-state index in [2.05, 4.69) is 25.8 Å². The Labute approximate surface area is 186 Å². The lowest BCUT2D eigenvalue weighted by Gasteiger charge is -2.31. The topological polar surface area (TPSA) is 107 Å². The van der Waals surface area contributed by atoms with Crippen molar-refractivity contribution in [2.24, 2.45) is 0 Å². The van der Waals surface area contributed by atoms with E-state index in [1.54, 1.807) is 11.1 Å². The van der Waals surface area contributed by atoms with Gasteiger partial charge in [-0.05, 0) is 23.6 Å². The average molecular weight is 435 g/mol. The average Bonchev–Trinajstić information content (AvgIpc) is 3.15. The van der Waals surface area contributed by atoms with Gasteiger partial charge in [0, 0.05) is 57.4 Å². The zero-order valence-electron chi connectivity index (χ0n) is 17.8. The zero-order valence-corrected chi connectivity index (χ0v) is 17.8. The highest BCUT2D eigenvalue weighted by Crippen LogP contribution is 2.31. The largest absolute Gasteiger partial charge is 0.379 e. The van der Waals surface area contributed by atoms with Gasteiger partial charge in [0.1, 0.15) is 6.04 Å². The fraction of sp³-hybridized carbons (Fsp3) is 0.391. The number of aromatic nitrogens is 1. The van der Waals surface area contributed by atoms with Gasteiger partial charge in [-0.25, -0.2) is 0 Å². The van der Waals surface area contributed by atoms with Crippen LogP contribution in [0, 0.1) is 0 Å². The summed E-state index contributed by atoms with van der Waals surface area (Å²) in [6.07, 6.45) is 4.25. The molecule has 32 heavy (non-hydrogen) atoms. The summed E-state index contributed by atoms with van der Waals surface area (Å²) >= 11 is 0. The predicted molar refractivity (Wildman–Crippen MR) is 119 cm³/mol. The number of carbonyl (C=O) groups excluding carboxylic acids is 3. The summed E-state index contributed by atoms with van der Waals surface area (Å²) in [5.41, 5.74) is 4.49. The highest BCUT2D eigenvalue weighted by atomic mass is 16.2. The van der Waals surface area contributed by atoms with Crippen molar-refractivity contribution < 1.29 is 14.4 Å². The Kier molecular flexibility index (Phi) is 5.48. The number of amides is 3. The van der Waals surface area contributed by atoms with Gasteiger partial charge in [0.25, 0.3) is 5.91 Å². The number of pyridine rings is 1. The number of piperidine rings is 1. The number of nitrogens with one attached hydrogen (secondary N) is 3. The summed E-state index contributed by atoms with van der Waals surface area (Å²) in [7, 11) is 0. The molecule has 0 radical (unpaired) electrons. The van der Waals surface area contributed by atoms with Crippen LogP contribution in [0.5, 0.6) is 0 Å². The Balaban J connectivity index is 1.34. The SMILES string of the molecule is O=C1CCC(N2Cc3cccc(CNc4ccncc4N4CCNCC4)c3C2=O)C(=O)N1. The van der Waals surface area contributed by atoms with E-state index < -0.39 is 6.04 Å². The van der Waals surface area contributed by atoms with Crippen LogP contribution in [0.2, 0.25) is 0 Å². The van der Waals surface area contributed by atoms with E-state index in [1.807, 2.05) is 30.5 Å². The second-order valence-electron chi connectivity index (χ2n) is 8.33. The van der Waals surface area contributed by atoms with Crippen molar-refractivity contribution in [2.45, 2.75) is 32.0 Å². The van der Waals surface area contributed by atoms with Gasteiger partial charge in [0.05, 0.1) is 17.6 Å². The van der Waals surface area contributed by atoms with Crippen LogP contribution in [0.25, 0.3) is 0 Å². The van der Waals surface area contributed by atoms with Crippen LogP contribution >= 0.6 is 0 Å². The Morgan fingerprint density at radius 3 is 2.78 bits per heavy atom. The second-order valence-corrected chi connectivity index (χ2v) is 8.33. The molecule has 0 saturated carbocycles. The van der Waals surface area contributed by atoms with Gasteiger partial charge in [-0.3, -0.25) is 24.7 Å². The summed E-state index contributed by atoms with van der Waals surface area (Å²) in [6.45, 7) is 4.58. The molecule has 5 rings (SSSR count). The number of piperazine rings is 1. The van der Waals surface area contributed by atoms with E-state index in [0.29, 0.717) is 25.1 Å². The third kappa shape index (κ3) is 3.80. The monoisotopic (exact) mass is 434 g/mol. The predicted octanol–water partition coefficient (Wildman–Crippen LogP) is 0.864. The zero-order chi connectivity index (χ0) is 22.1. The van der Waals surface area contributed by atoms with Crippen LogP contribution < -0.4 is 20.9 Å². The van der Waals surface area contributed by atoms with Gasteiger partial charge in [-0.1, -0.05) is 18.2 Å². The lowest BCUT2D eigenvalue weighted by molar-refractivity contribution is -0.136. The van der Waals surface area contributed by atoms with Crippen LogP contribution in [0.15, 0.2) is 36.7 Å². The number of carbonyl (C=O) groups is 3. The Bertz CT molecular complexity index is 1070. The Morgan fingerprint density at radius 1 is 1.12 bits per heavy atom.